The summed E-state index contributed by atoms with van der Waals surface area (Å²) in [5.74, 6) is 1.29. The Morgan fingerprint density at radius 1 is 1.06 bits per heavy atom. The molecule has 2 aromatic rings. The monoisotopic (exact) mass is 465 g/mol. The second-order valence-electron chi connectivity index (χ2n) is 7.59. The molecule has 0 N–H and O–H groups in total. The Balaban J connectivity index is 1.35. The number of sulfonamides is 1. The first-order chi connectivity index (χ1) is 14.8. The van der Waals surface area contributed by atoms with E-state index in [9.17, 15) is 13.2 Å². The molecule has 4 rings (SSSR count). The fraction of sp³-hybridized carbons (Fsp3) is 0.381. The first kappa shape index (κ1) is 21.7. The van der Waals surface area contributed by atoms with Crippen LogP contribution in [0.25, 0.3) is 0 Å². The average Bonchev–Trinajstić information content (AvgIpc) is 3.19. The van der Waals surface area contributed by atoms with Crippen LogP contribution in [0.1, 0.15) is 5.56 Å². The highest BCUT2D eigenvalue weighted by Gasteiger charge is 2.27. The number of amides is 1. The Labute approximate surface area is 186 Å². The summed E-state index contributed by atoms with van der Waals surface area (Å²) in [6, 6.07) is 12.4. The molecule has 1 fully saturated rings. The van der Waals surface area contributed by atoms with Crippen molar-refractivity contribution >= 4 is 33.2 Å². The molecule has 0 saturated carbocycles. The number of halogens is 1. The smallest absolute Gasteiger partial charge is 0.243 e. The molecule has 2 aliphatic rings. The fourth-order valence-electron chi connectivity index (χ4n) is 3.71. The molecule has 1 amide bonds. The third-order valence-corrected chi connectivity index (χ3v) is 6.72. The summed E-state index contributed by atoms with van der Waals surface area (Å²) in [5, 5.41) is 0.413. The summed E-state index contributed by atoms with van der Waals surface area (Å²) < 4.78 is 36.4. The topological polar surface area (TPSA) is 79.4 Å². The molecule has 10 heteroatoms. The van der Waals surface area contributed by atoms with Gasteiger partial charge < -0.3 is 14.4 Å². The van der Waals surface area contributed by atoms with E-state index in [4.69, 9.17) is 21.1 Å². The van der Waals surface area contributed by atoms with Crippen LogP contribution in [0, 0.1) is 0 Å². The molecule has 2 aromatic carbocycles. The largest absolute Gasteiger partial charge is 0.454 e. The molecular weight excluding hydrogens is 442 g/mol. The summed E-state index contributed by atoms with van der Waals surface area (Å²) in [7, 11) is -3.63. The normalized spacial score (nSPS) is 16.4. The Morgan fingerprint density at radius 3 is 2.52 bits per heavy atom. The zero-order chi connectivity index (χ0) is 22.0. The van der Waals surface area contributed by atoms with E-state index >= 15 is 0 Å². The van der Waals surface area contributed by atoms with Gasteiger partial charge in [-0.3, -0.25) is 14.0 Å². The first-order valence-electron chi connectivity index (χ1n) is 9.91. The molecule has 0 bridgehead atoms. The molecule has 31 heavy (non-hydrogen) atoms. The average molecular weight is 466 g/mol. The van der Waals surface area contributed by atoms with Gasteiger partial charge in [0.25, 0.3) is 0 Å². The minimum atomic E-state index is -3.63. The molecule has 0 aromatic heterocycles. The molecular formula is C21H24ClN3O5S. The van der Waals surface area contributed by atoms with Crippen molar-refractivity contribution in [3.05, 3.63) is 53.1 Å². The summed E-state index contributed by atoms with van der Waals surface area (Å²) in [4.78, 5) is 16.8. The lowest BCUT2D eigenvalue weighted by Crippen LogP contribution is -2.51. The van der Waals surface area contributed by atoms with Gasteiger partial charge >= 0.3 is 0 Å². The highest BCUT2D eigenvalue weighted by atomic mass is 35.5. The maximum Gasteiger partial charge on any atom is 0.243 e. The van der Waals surface area contributed by atoms with Gasteiger partial charge in [-0.2, -0.15) is 0 Å². The van der Waals surface area contributed by atoms with Crippen molar-refractivity contribution in [2.24, 2.45) is 0 Å². The lowest BCUT2D eigenvalue weighted by Gasteiger charge is -2.35. The van der Waals surface area contributed by atoms with Crippen LogP contribution in [0.15, 0.2) is 42.5 Å². The van der Waals surface area contributed by atoms with Crippen LogP contribution in [0.3, 0.4) is 0 Å². The van der Waals surface area contributed by atoms with Gasteiger partial charge in [0, 0.05) is 37.7 Å². The van der Waals surface area contributed by atoms with Crippen LogP contribution in [0.5, 0.6) is 11.5 Å². The molecule has 1 saturated heterocycles. The van der Waals surface area contributed by atoms with Crippen molar-refractivity contribution in [2.75, 3.05) is 50.1 Å². The van der Waals surface area contributed by atoms with Gasteiger partial charge in [0.15, 0.2) is 11.5 Å². The Bertz CT molecular complexity index is 1070. The van der Waals surface area contributed by atoms with Crippen molar-refractivity contribution in [2.45, 2.75) is 6.54 Å². The molecule has 2 heterocycles. The summed E-state index contributed by atoms with van der Waals surface area (Å²) in [6.45, 7) is 3.23. The van der Waals surface area contributed by atoms with Crippen molar-refractivity contribution in [1.82, 2.24) is 9.80 Å². The van der Waals surface area contributed by atoms with E-state index in [1.54, 1.807) is 29.2 Å². The third kappa shape index (κ3) is 5.23. The number of nitrogens with zero attached hydrogens (tertiary/aromatic N) is 3. The first-order valence-corrected chi connectivity index (χ1v) is 12.1. The number of hydrogen-bond donors (Lipinski definition) is 0. The molecule has 0 atom stereocenters. The number of benzene rings is 2. The zero-order valence-electron chi connectivity index (χ0n) is 17.2. The lowest BCUT2D eigenvalue weighted by molar-refractivity contribution is -0.131. The number of rotatable bonds is 6. The molecule has 166 valence electrons. The van der Waals surface area contributed by atoms with E-state index in [1.165, 1.54) is 0 Å². The van der Waals surface area contributed by atoms with Gasteiger partial charge in [-0.1, -0.05) is 23.7 Å². The van der Waals surface area contributed by atoms with Crippen molar-refractivity contribution in [3.8, 4) is 11.5 Å². The second-order valence-corrected chi connectivity index (χ2v) is 9.94. The molecule has 0 radical (unpaired) electrons. The van der Waals surface area contributed by atoms with Crippen LogP contribution < -0.4 is 13.8 Å². The van der Waals surface area contributed by atoms with E-state index < -0.39 is 10.0 Å². The van der Waals surface area contributed by atoms with Gasteiger partial charge in [0.2, 0.25) is 22.7 Å². The third-order valence-electron chi connectivity index (χ3n) is 5.34. The predicted octanol–water partition coefficient (Wildman–Crippen LogP) is 2.18. The Kier molecular flexibility index (Phi) is 6.27. The number of hydrogen-bond acceptors (Lipinski definition) is 6. The van der Waals surface area contributed by atoms with Crippen molar-refractivity contribution < 1.29 is 22.7 Å². The van der Waals surface area contributed by atoms with Crippen LogP contribution in [-0.4, -0.2) is 69.9 Å². The highest BCUT2D eigenvalue weighted by molar-refractivity contribution is 7.92. The SMILES string of the molecule is CS(=O)(=O)N(CC(=O)N1CCN(Cc2ccc3c(c2)OCO3)CC1)c1cccc(Cl)c1. The quantitative estimate of drug-likeness (QED) is 0.650. The number of piperazine rings is 1. The number of carbonyl (C=O) groups excluding carboxylic acids is 1. The summed E-state index contributed by atoms with van der Waals surface area (Å²) >= 11 is 6.00. The second kappa shape index (κ2) is 8.94. The molecule has 2 aliphatic heterocycles. The predicted molar refractivity (Wildman–Crippen MR) is 118 cm³/mol. The van der Waals surface area contributed by atoms with Crippen LogP contribution in [0.2, 0.25) is 5.02 Å². The maximum absolute atomic E-state index is 12.8. The maximum atomic E-state index is 12.8. The van der Waals surface area contributed by atoms with Gasteiger partial charge in [-0.05, 0) is 35.9 Å². The van der Waals surface area contributed by atoms with Gasteiger partial charge in [-0.15, -0.1) is 0 Å². The van der Waals surface area contributed by atoms with Crippen LogP contribution in [-0.2, 0) is 21.4 Å². The minimum Gasteiger partial charge on any atom is -0.454 e. The van der Waals surface area contributed by atoms with Crippen LogP contribution >= 0.6 is 11.6 Å². The van der Waals surface area contributed by atoms with E-state index in [0.29, 0.717) is 36.9 Å². The highest BCUT2D eigenvalue weighted by Crippen LogP contribution is 2.33. The van der Waals surface area contributed by atoms with Gasteiger partial charge in [0.05, 0.1) is 11.9 Å². The lowest BCUT2D eigenvalue weighted by atomic mass is 10.1. The Hall–Kier alpha value is -2.49. The summed E-state index contributed by atoms with van der Waals surface area (Å²) in [6.07, 6.45) is 1.09. The van der Waals surface area contributed by atoms with Crippen molar-refractivity contribution in [3.63, 3.8) is 0 Å². The standard InChI is InChI=1S/C21H24ClN3O5S/c1-31(27,28)25(18-4-2-3-17(22)12-18)14-21(26)24-9-7-23(8-10-24)13-16-5-6-19-20(11-16)30-15-29-19/h2-6,11-12H,7-10,13-15H2,1H3. The molecule has 0 spiro atoms. The van der Waals surface area contributed by atoms with E-state index in [1.807, 2.05) is 18.2 Å². The van der Waals surface area contributed by atoms with Crippen molar-refractivity contribution in [1.29, 1.82) is 0 Å². The fourth-order valence-corrected chi connectivity index (χ4v) is 4.73. The van der Waals surface area contributed by atoms with Gasteiger partial charge in [-0.25, -0.2) is 8.42 Å². The minimum absolute atomic E-state index is 0.229. The molecule has 0 unspecified atom stereocenters. The number of fused-ring (bicyclic) bond motifs is 1. The van der Waals surface area contributed by atoms with E-state index in [-0.39, 0.29) is 19.2 Å². The Morgan fingerprint density at radius 2 is 1.81 bits per heavy atom. The molecule has 8 nitrogen and oxygen atoms in total. The number of anilines is 1. The van der Waals surface area contributed by atoms with E-state index in [2.05, 4.69) is 4.90 Å². The van der Waals surface area contributed by atoms with E-state index in [0.717, 1.165) is 34.2 Å². The number of carbonyl (C=O) groups is 1. The molecule has 0 aliphatic carbocycles. The zero-order valence-corrected chi connectivity index (χ0v) is 18.7. The summed E-state index contributed by atoms with van der Waals surface area (Å²) in [5.41, 5.74) is 1.50. The number of ether oxygens (including phenoxy) is 2. The van der Waals surface area contributed by atoms with Gasteiger partial charge in [0.1, 0.15) is 6.54 Å². The van der Waals surface area contributed by atoms with Crippen LogP contribution in [0.4, 0.5) is 5.69 Å².